The van der Waals surface area contributed by atoms with E-state index in [0.717, 1.165) is 0 Å². The van der Waals surface area contributed by atoms with Gasteiger partial charge in [-0.15, -0.1) is 0 Å². The van der Waals surface area contributed by atoms with Gasteiger partial charge < -0.3 is 66.3 Å². The Balaban J connectivity index is 1.46. The SMILES string of the molecule is CCOCC(COCC(COCC1COC(C)(C)O1)OCC(=O)COC(COCC1COC(C)(C)O1)COCC1COC(C)(C)O1)OCC. The first-order chi connectivity index (χ1) is 23.3. The highest BCUT2D eigenvalue weighted by atomic mass is 16.8. The van der Waals surface area contributed by atoms with Crippen LogP contribution in [0.3, 0.4) is 0 Å². The van der Waals surface area contributed by atoms with Crippen LogP contribution in [0.25, 0.3) is 0 Å². The first-order valence-corrected chi connectivity index (χ1v) is 17.5. The van der Waals surface area contributed by atoms with E-state index in [1.54, 1.807) is 0 Å². The van der Waals surface area contributed by atoms with Crippen LogP contribution in [0.2, 0.25) is 0 Å². The largest absolute Gasteiger partial charge is 0.379 e. The Hall–Kier alpha value is -0.890. The van der Waals surface area contributed by atoms with E-state index < -0.39 is 29.6 Å². The van der Waals surface area contributed by atoms with Gasteiger partial charge in [-0.3, -0.25) is 4.79 Å². The number of carbonyl (C=O) groups is 1. The van der Waals surface area contributed by atoms with E-state index in [2.05, 4.69) is 0 Å². The highest BCUT2D eigenvalue weighted by Gasteiger charge is 2.35. The van der Waals surface area contributed by atoms with Crippen LogP contribution in [0.15, 0.2) is 0 Å². The molecule has 5 atom stereocenters. The van der Waals surface area contributed by atoms with Crippen molar-refractivity contribution in [2.45, 2.75) is 109 Å². The monoisotopic (exact) mass is 710 g/mol. The van der Waals surface area contributed by atoms with Crippen molar-refractivity contribution >= 4 is 5.78 Å². The van der Waals surface area contributed by atoms with Crippen LogP contribution in [-0.2, 0) is 71.1 Å². The molecular formula is C34H62O15. The number of carbonyl (C=O) groups excluding carboxylic acids is 1. The van der Waals surface area contributed by atoms with Crippen molar-refractivity contribution in [3.63, 3.8) is 0 Å². The molecule has 0 aliphatic carbocycles. The standard InChI is InChI=1S/C34H62O15/c1-9-36-13-26(41-10-2)14-37-15-27(16-38-19-29-22-44-32(3,4)47-29)42-11-25(35)12-43-28(17-39-20-30-23-45-33(5,6)48-30)18-40-21-31-24-46-34(7,8)49-31/h26-31H,9-24H2,1-8H3. The Morgan fingerprint density at radius 1 is 0.531 bits per heavy atom. The van der Waals surface area contributed by atoms with Crippen LogP contribution < -0.4 is 0 Å². The minimum Gasteiger partial charge on any atom is -0.379 e. The minimum absolute atomic E-state index is 0.190. The average Bonchev–Trinajstić information content (AvgIpc) is 3.70. The second-order valence-corrected chi connectivity index (χ2v) is 13.6. The molecule has 0 bridgehead atoms. The summed E-state index contributed by atoms with van der Waals surface area (Å²) in [4.78, 5) is 12.9. The van der Waals surface area contributed by atoms with Crippen molar-refractivity contribution in [3.05, 3.63) is 0 Å². The maximum Gasteiger partial charge on any atom is 0.184 e. The molecule has 3 heterocycles. The molecule has 49 heavy (non-hydrogen) atoms. The van der Waals surface area contributed by atoms with Gasteiger partial charge in [-0.2, -0.15) is 0 Å². The molecule has 0 aromatic carbocycles. The number of hydrogen-bond donors (Lipinski definition) is 0. The van der Waals surface area contributed by atoms with E-state index in [9.17, 15) is 4.79 Å². The summed E-state index contributed by atoms with van der Waals surface area (Å²) in [7, 11) is 0. The molecule has 3 aliphatic heterocycles. The fraction of sp³-hybridized carbons (Fsp3) is 0.971. The summed E-state index contributed by atoms with van der Waals surface area (Å²) in [5.41, 5.74) is 0. The Bertz CT molecular complexity index is 884. The molecule has 3 saturated heterocycles. The molecule has 0 aromatic rings. The Labute approximate surface area is 292 Å². The summed E-state index contributed by atoms with van der Waals surface area (Å²) in [5, 5.41) is 0. The number of hydrogen-bond acceptors (Lipinski definition) is 15. The highest BCUT2D eigenvalue weighted by Crippen LogP contribution is 2.24. The van der Waals surface area contributed by atoms with Crippen LogP contribution in [-0.4, -0.2) is 165 Å². The number of ether oxygens (including phenoxy) is 14. The smallest absolute Gasteiger partial charge is 0.184 e. The summed E-state index contributed by atoms with van der Waals surface area (Å²) in [5.74, 6) is -2.19. The number of rotatable bonds is 27. The zero-order chi connectivity index (χ0) is 35.8. The second kappa shape index (κ2) is 21.6. The van der Waals surface area contributed by atoms with Gasteiger partial charge in [-0.1, -0.05) is 0 Å². The Morgan fingerprint density at radius 2 is 0.878 bits per heavy atom. The predicted octanol–water partition coefficient (Wildman–Crippen LogP) is 2.29. The molecule has 288 valence electrons. The average molecular weight is 711 g/mol. The lowest BCUT2D eigenvalue weighted by Crippen LogP contribution is -2.35. The van der Waals surface area contributed by atoms with Crippen LogP contribution in [0.4, 0.5) is 0 Å². The van der Waals surface area contributed by atoms with Gasteiger partial charge >= 0.3 is 0 Å². The molecular weight excluding hydrogens is 648 g/mol. The number of ketones is 1. The molecule has 0 aromatic heterocycles. The van der Waals surface area contributed by atoms with Gasteiger partial charge in [-0.25, -0.2) is 0 Å². The lowest BCUT2D eigenvalue weighted by Gasteiger charge is -2.22. The zero-order valence-electron chi connectivity index (χ0n) is 30.9. The van der Waals surface area contributed by atoms with Crippen LogP contribution >= 0.6 is 0 Å². The molecule has 3 fully saturated rings. The van der Waals surface area contributed by atoms with Crippen LogP contribution in [0, 0.1) is 0 Å². The molecule has 15 nitrogen and oxygen atoms in total. The van der Waals surface area contributed by atoms with E-state index >= 15 is 0 Å². The van der Waals surface area contributed by atoms with Crippen molar-refractivity contribution < 1.29 is 71.1 Å². The van der Waals surface area contributed by atoms with Gasteiger partial charge in [-0.05, 0) is 55.4 Å². The van der Waals surface area contributed by atoms with Gasteiger partial charge in [0.25, 0.3) is 0 Å². The van der Waals surface area contributed by atoms with Crippen molar-refractivity contribution in [1.82, 2.24) is 0 Å². The predicted molar refractivity (Wildman–Crippen MR) is 174 cm³/mol. The van der Waals surface area contributed by atoms with Gasteiger partial charge in [0, 0.05) is 13.2 Å². The molecule has 3 rings (SSSR count). The molecule has 0 spiro atoms. The maximum atomic E-state index is 12.9. The maximum absolute atomic E-state index is 12.9. The molecule has 0 radical (unpaired) electrons. The summed E-state index contributed by atoms with van der Waals surface area (Å²) in [6.07, 6.45) is -1.83. The third-order valence-corrected chi connectivity index (χ3v) is 7.50. The van der Waals surface area contributed by atoms with Gasteiger partial charge in [0.15, 0.2) is 23.1 Å². The first kappa shape index (κ1) is 42.5. The number of Topliss-reactive ketones (excluding diaryl/α,β-unsaturated/α-hetero) is 1. The van der Waals surface area contributed by atoms with Crippen molar-refractivity contribution in [2.24, 2.45) is 0 Å². The van der Waals surface area contributed by atoms with Gasteiger partial charge in [0.05, 0.1) is 79.3 Å². The zero-order valence-corrected chi connectivity index (χ0v) is 30.9. The Kier molecular flexibility index (Phi) is 18.7. The fourth-order valence-corrected chi connectivity index (χ4v) is 5.24. The van der Waals surface area contributed by atoms with E-state index in [-0.39, 0.29) is 69.8 Å². The molecule has 5 unspecified atom stereocenters. The Morgan fingerprint density at radius 3 is 1.20 bits per heavy atom. The minimum atomic E-state index is -0.645. The lowest BCUT2D eigenvalue weighted by molar-refractivity contribution is -0.155. The molecule has 3 aliphatic rings. The third-order valence-electron chi connectivity index (χ3n) is 7.50. The van der Waals surface area contributed by atoms with Crippen molar-refractivity contribution in [1.29, 1.82) is 0 Å². The van der Waals surface area contributed by atoms with E-state index in [1.807, 2.05) is 55.4 Å². The highest BCUT2D eigenvalue weighted by molar-refractivity contribution is 5.80. The van der Waals surface area contributed by atoms with Gasteiger partial charge in [0.2, 0.25) is 0 Å². The normalized spacial score (nSPS) is 26.2. The summed E-state index contributed by atoms with van der Waals surface area (Å²) >= 11 is 0. The molecule has 15 heteroatoms. The summed E-state index contributed by atoms with van der Waals surface area (Å²) < 4.78 is 81.0. The van der Waals surface area contributed by atoms with E-state index in [4.69, 9.17) is 66.3 Å². The molecule has 0 saturated carbocycles. The third kappa shape index (κ3) is 17.9. The van der Waals surface area contributed by atoms with Gasteiger partial charge in [0.1, 0.15) is 49.8 Å². The van der Waals surface area contributed by atoms with Crippen LogP contribution in [0.1, 0.15) is 55.4 Å². The quantitative estimate of drug-likeness (QED) is 0.123. The van der Waals surface area contributed by atoms with E-state index in [1.165, 1.54) is 0 Å². The lowest BCUT2D eigenvalue weighted by atomic mass is 10.3. The van der Waals surface area contributed by atoms with Crippen molar-refractivity contribution in [3.8, 4) is 0 Å². The second-order valence-electron chi connectivity index (χ2n) is 13.6. The topological polar surface area (TPSA) is 146 Å². The molecule has 0 amide bonds. The summed E-state index contributed by atoms with van der Waals surface area (Å²) in [6.45, 7) is 19.5. The van der Waals surface area contributed by atoms with E-state index in [0.29, 0.717) is 66.1 Å². The van der Waals surface area contributed by atoms with Crippen molar-refractivity contribution in [2.75, 3.05) is 106 Å². The van der Waals surface area contributed by atoms with Crippen LogP contribution in [0.5, 0.6) is 0 Å². The summed E-state index contributed by atoms with van der Waals surface area (Å²) in [6, 6.07) is 0. The molecule has 0 N–H and O–H groups in total. The first-order valence-electron chi connectivity index (χ1n) is 17.5. The fourth-order valence-electron chi connectivity index (χ4n) is 5.24.